The van der Waals surface area contributed by atoms with Crippen molar-refractivity contribution in [1.82, 2.24) is 4.90 Å². The zero-order chi connectivity index (χ0) is 17.9. The summed E-state index contributed by atoms with van der Waals surface area (Å²) in [7, 11) is 0. The molecule has 0 radical (unpaired) electrons. The van der Waals surface area contributed by atoms with Crippen molar-refractivity contribution in [1.29, 1.82) is 0 Å². The average Bonchev–Trinajstić information content (AvgIpc) is 3.19. The van der Waals surface area contributed by atoms with E-state index in [1.54, 1.807) is 12.1 Å². The molecule has 0 N–H and O–H groups in total. The number of nitrogens with zero attached hydrogens (tertiary/aromatic N) is 2. The predicted molar refractivity (Wildman–Crippen MR) is 103 cm³/mol. The number of anilines is 1. The molecule has 4 rings (SSSR count). The minimum atomic E-state index is -0.140. The van der Waals surface area contributed by atoms with Crippen LogP contribution in [0.4, 0.5) is 5.69 Å². The van der Waals surface area contributed by atoms with Gasteiger partial charge in [0.15, 0.2) is 0 Å². The molecule has 0 atom stereocenters. The van der Waals surface area contributed by atoms with Gasteiger partial charge in [-0.15, -0.1) is 0 Å². The van der Waals surface area contributed by atoms with E-state index in [1.165, 1.54) is 16.2 Å². The van der Waals surface area contributed by atoms with Gasteiger partial charge in [0.2, 0.25) is 0 Å². The van der Waals surface area contributed by atoms with Gasteiger partial charge >= 0.3 is 0 Å². The van der Waals surface area contributed by atoms with Gasteiger partial charge in [-0.05, 0) is 43.0 Å². The second-order valence-corrected chi connectivity index (χ2v) is 7.09. The highest BCUT2D eigenvalue weighted by molar-refractivity contribution is 6.21. The zero-order valence-electron chi connectivity index (χ0n) is 15.0. The van der Waals surface area contributed by atoms with Crippen LogP contribution in [0.25, 0.3) is 0 Å². The van der Waals surface area contributed by atoms with Crippen LogP contribution in [0.2, 0.25) is 0 Å². The van der Waals surface area contributed by atoms with Gasteiger partial charge in [-0.1, -0.05) is 43.2 Å². The van der Waals surface area contributed by atoms with Gasteiger partial charge in [0.1, 0.15) is 0 Å². The molecular weight excluding hydrogens is 324 g/mol. The smallest absolute Gasteiger partial charge is 0.261 e. The highest BCUT2D eigenvalue weighted by Gasteiger charge is 2.34. The number of para-hydroxylation sites is 1. The van der Waals surface area contributed by atoms with Crippen molar-refractivity contribution in [3.8, 4) is 0 Å². The number of hydrogen-bond donors (Lipinski definition) is 0. The molecule has 0 fully saturated rings. The van der Waals surface area contributed by atoms with Gasteiger partial charge in [0, 0.05) is 25.3 Å². The maximum Gasteiger partial charge on any atom is 0.261 e. The van der Waals surface area contributed by atoms with Crippen molar-refractivity contribution in [2.24, 2.45) is 0 Å². The Hall–Kier alpha value is -2.62. The molecule has 0 saturated heterocycles. The lowest BCUT2D eigenvalue weighted by Gasteiger charge is -2.19. The normalized spacial score (nSPS) is 15.5. The van der Waals surface area contributed by atoms with E-state index in [1.807, 2.05) is 12.1 Å². The summed E-state index contributed by atoms with van der Waals surface area (Å²) in [4.78, 5) is 28.5. The summed E-state index contributed by atoms with van der Waals surface area (Å²) in [6.45, 7) is 2.73. The van der Waals surface area contributed by atoms with E-state index in [0.717, 1.165) is 45.2 Å². The zero-order valence-corrected chi connectivity index (χ0v) is 15.0. The SMILES string of the molecule is O=C1c2ccccc2C(=O)N1CCCCCCN1CCc2ccccc21. The second kappa shape index (κ2) is 7.32. The molecule has 134 valence electrons. The fraction of sp³-hybridized carbons (Fsp3) is 0.364. The summed E-state index contributed by atoms with van der Waals surface area (Å²) in [6.07, 6.45) is 5.35. The summed E-state index contributed by atoms with van der Waals surface area (Å²) in [5.74, 6) is -0.279. The molecule has 2 aromatic rings. The van der Waals surface area contributed by atoms with Crippen molar-refractivity contribution in [2.75, 3.05) is 24.5 Å². The van der Waals surface area contributed by atoms with Gasteiger partial charge in [-0.2, -0.15) is 0 Å². The van der Waals surface area contributed by atoms with Crippen LogP contribution in [-0.2, 0) is 6.42 Å². The Morgan fingerprint density at radius 2 is 1.35 bits per heavy atom. The molecule has 4 heteroatoms. The first-order chi connectivity index (χ1) is 12.8. The summed E-state index contributed by atoms with van der Waals surface area (Å²) >= 11 is 0. The number of carbonyl (C=O) groups excluding carboxylic acids is 2. The topological polar surface area (TPSA) is 40.6 Å². The van der Waals surface area contributed by atoms with E-state index in [2.05, 4.69) is 29.2 Å². The molecule has 0 unspecified atom stereocenters. The molecule has 2 aromatic carbocycles. The number of rotatable bonds is 7. The predicted octanol–water partition coefficient (Wildman–Crippen LogP) is 3.91. The van der Waals surface area contributed by atoms with Crippen LogP contribution < -0.4 is 4.90 Å². The Balaban J connectivity index is 1.19. The monoisotopic (exact) mass is 348 g/mol. The molecule has 0 aliphatic carbocycles. The lowest BCUT2D eigenvalue weighted by molar-refractivity contribution is 0.0651. The van der Waals surface area contributed by atoms with Gasteiger partial charge in [-0.25, -0.2) is 0 Å². The highest BCUT2D eigenvalue weighted by Crippen LogP contribution is 2.27. The number of imide groups is 1. The van der Waals surface area contributed by atoms with Crippen molar-refractivity contribution < 1.29 is 9.59 Å². The lowest BCUT2D eigenvalue weighted by atomic mass is 10.1. The minimum absolute atomic E-state index is 0.140. The van der Waals surface area contributed by atoms with Gasteiger partial charge in [0.05, 0.1) is 11.1 Å². The Morgan fingerprint density at radius 3 is 2.08 bits per heavy atom. The summed E-state index contributed by atoms with van der Waals surface area (Å²) in [5.41, 5.74) is 3.94. The van der Waals surface area contributed by atoms with E-state index in [-0.39, 0.29) is 11.8 Å². The van der Waals surface area contributed by atoms with Crippen LogP contribution in [0.1, 0.15) is 52.0 Å². The van der Waals surface area contributed by atoms with Gasteiger partial charge in [0.25, 0.3) is 11.8 Å². The number of fused-ring (bicyclic) bond motifs is 2. The fourth-order valence-electron chi connectivity index (χ4n) is 4.01. The third-order valence-corrected chi connectivity index (χ3v) is 5.42. The quantitative estimate of drug-likeness (QED) is 0.563. The maximum atomic E-state index is 12.3. The van der Waals surface area contributed by atoms with Crippen LogP contribution in [-0.4, -0.2) is 36.3 Å². The third kappa shape index (κ3) is 3.12. The number of hydrogen-bond acceptors (Lipinski definition) is 3. The van der Waals surface area contributed by atoms with Crippen molar-refractivity contribution in [3.05, 3.63) is 65.2 Å². The molecule has 4 nitrogen and oxygen atoms in total. The van der Waals surface area contributed by atoms with E-state index in [9.17, 15) is 9.59 Å². The third-order valence-electron chi connectivity index (χ3n) is 5.42. The first-order valence-electron chi connectivity index (χ1n) is 9.54. The Kier molecular flexibility index (Phi) is 4.74. The summed E-state index contributed by atoms with van der Waals surface area (Å²) in [5, 5.41) is 0. The largest absolute Gasteiger partial charge is 0.371 e. The second-order valence-electron chi connectivity index (χ2n) is 7.09. The van der Waals surface area contributed by atoms with E-state index in [4.69, 9.17) is 0 Å². The van der Waals surface area contributed by atoms with Crippen LogP contribution in [0.15, 0.2) is 48.5 Å². The fourth-order valence-corrected chi connectivity index (χ4v) is 4.01. The average molecular weight is 348 g/mol. The Morgan fingerprint density at radius 1 is 0.731 bits per heavy atom. The van der Waals surface area contributed by atoms with E-state index >= 15 is 0 Å². The number of unbranched alkanes of at least 4 members (excludes halogenated alkanes) is 3. The molecule has 26 heavy (non-hydrogen) atoms. The number of benzene rings is 2. The molecule has 0 saturated carbocycles. The summed E-state index contributed by atoms with van der Waals surface area (Å²) in [6, 6.07) is 15.8. The van der Waals surface area contributed by atoms with Gasteiger partial charge in [-0.3, -0.25) is 14.5 Å². The van der Waals surface area contributed by atoms with Crippen molar-refractivity contribution >= 4 is 17.5 Å². The Labute approximate surface area is 154 Å². The lowest BCUT2D eigenvalue weighted by Crippen LogP contribution is -2.30. The van der Waals surface area contributed by atoms with Gasteiger partial charge < -0.3 is 4.90 Å². The standard InChI is InChI=1S/C22H24N2O2/c25-21-18-10-4-5-11-19(18)22(26)24(21)15-8-2-1-7-14-23-16-13-17-9-3-6-12-20(17)23/h3-6,9-12H,1-2,7-8,13-16H2. The first-order valence-corrected chi connectivity index (χ1v) is 9.54. The van der Waals surface area contributed by atoms with E-state index in [0.29, 0.717) is 17.7 Å². The molecule has 0 bridgehead atoms. The minimum Gasteiger partial charge on any atom is -0.371 e. The van der Waals surface area contributed by atoms with Crippen LogP contribution in [0.3, 0.4) is 0 Å². The van der Waals surface area contributed by atoms with Crippen molar-refractivity contribution in [2.45, 2.75) is 32.1 Å². The van der Waals surface area contributed by atoms with Crippen LogP contribution in [0.5, 0.6) is 0 Å². The number of carbonyl (C=O) groups is 2. The molecule has 2 amide bonds. The summed E-state index contributed by atoms with van der Waals surface area (Å²) < 4.78 is 0. The van der Waals surface area contributed by atoms with Crippen LogP contribution >= 0.6 is 0 Å². The molecule has 2 aliphatic heterocycles. The maximum absolute atomic E-state index is 12.3. The van der Waals surface area contributed by atoms with Crippen LogP contribution in [0, 0.1) is 0 Å². The number of amides is 2. The Bertz CT molecular complexity index is 795. The molecular formula is C22H24N2O2. The van der Waals surface area contributed by atoms with E-state index < -0.39 is 0 Å². The highest BCUT2D eigenvalue weighted by atomic mass is 16.2. The molecule has 0 spiro atoms. The van der Waals surface area contributed by atoms with Crippen molar-refractivity contribution in [3.63, 3.8) is 0 Å². The molecule has 2 heterocycles. The molecule has 0 aromatic heterocycles. The first kappa shape index (κ1) is 16.8. The molecule has 2 aliphatic rings.